The predicted octanol–water partition coefficient (Wildman–Crippen LogP) is 12.8. The maximum absolute atomic E-state index is 14.2. The first kappa shape index (κ1) is 52.2. The standard InChI is InChI=1S/C32H12BF24.C8H15N/c34-25(35,36)13-1-14(26(37,38)39)6-21(5-13)33(22-7-15(27(40,41)42)2-16(8-22)28(43,44)45,23-9-17(29(46,47)48)3-18(10-23)30(49,50)51)24-11-19(31(52,53)54)4-20(12-24)32(55,56)57;1-9-7-3-2-4-8(9)6-5-7/h1-12H;7-8H,2-6H2,1H3/q-1;/t;7-,8+. The second kappa shape index (κ2) is 17.1. The highest BCUT2D eigenvalue weighted by molar-refractivity contribution is 7.20. The van der Waals surface area contributed by atoms with E-state index in [2.05, 4.69) is 11.9 Å². The fourth-order valence-corrected chi connectivity index (χ4v) is 8.45. The second-order valence-electron chi connectivity index (χ2n) is 15.7. The molecule has 2 heterocycles. The first-order chi connectivity index (χ1) is 29.6. The maximum atomic E-state index is 14.2. The summed E-state index contributed by atoms with van der Waals surface area (Å²) in [5, 5.41) is 0. The molecule has 2 aliphatic rings. The van der Waals surface area contributed by atoms with Gasteiger partial charge in [0.1, 0.15) is 6.15 Å². The fourth-order valence-electron chi connectivity index (χ4n) is 8.45. The molecule has 4 aromatic carbocycles. The molecule has 0 N–H and O–H groups in total. The highest BCUT2D eigenvalue weighted by Crippen LogP contribution is 2.42. The van der Waals surface area contributed by atoms with Gasteiger partial charge in [0.2, 0.25) is 0 Å². The van der Waals surface area contributed by atoms with Gasteiger partial charge >= 0.3 is 49.4 Å². The zero-order valence-electron chi connectivity index (χ0n) is 32.7. The molecule has 0 unspecified atom stereocenters. The van der Waals surface area contributed by atoms with Gasteiger partial charge in [-0.2, -0.15) is 127 Å². The lowest BCUT2D eigenvalue weighted by atomic mass is 9.12. The molecule has 2 atom stereocenters. The molecule has 1 nitrogen and oxygen atoms in total. The third kappa shape index (κ3) is 11.1. The van der Waals surface area contributed by atoms with Crippen molar-refractivity contribution in [3.05, 3.63) is 117 Å². The Bertz CT molecular complexity index is 1940. The van der Waals surface area contributed by atoms with E-state index in [9.17, 15) is 105 Å². The summed E-state index contributed by atoms with van der Waals surface area (Å²) in [7, 11) is 2.29. The molecule has 0 aromatic heterocycles. The molecule has 2 fully saturated rings. The summed E-state index contributed by atoms with van der Waals surface area (Å²) < 4.78 is 341. The van der Waals surface area contributed by atoms with E-state index in [0.717, 1.165) is 12.1 Å². The zero-order chi connectivity index (χ0) is 50.2. The van der Waals surface area contributed by atoms with Crippen molar-refractivity contribution >= 4 is 28.0 Å². The molecular formula is C40H27BF24N-. The minimum atomic E-state index is -6.13. The van der Waals surface area contributed by atoms with Crippen molar-refractivity contribution in [1.29, 1.82) is 0 Å². The van der Waals surface area contributed by atoms with Crippen LogP contribution in [0.5, 0.6) is 0 Å². The van der Waals surface area contributed by atoms with E-state index in [0.29, 0.717) is 0 Å². The molecule has 4 aromatic rings. The molecule has 0 radical (unpaired) electrons. The van der Waals surface area contributed by atoms with E-state index < -0.39 is 195 Å². The van der Waals surface area contributed by atoms with Crippen molar-refractivity contribution in [1.82, 2.24) is 4.90 Å². The van der Waals surface area contributed by atoms with Gasteiger partial charge < -0.3 is 4.90 Å². The number of nitrogens with zero attached hydrogens (tertiary/aromatic N) is 1. The molecule has 364 valence electrons. The summed E-state index contributed by atoms with van der Waals surface area (Å²) in [6, 6.07) is -6.89. The van der Waals surface area contributed by atoms with Crippen LogP contribution < -0.4 is 21.9 Å². The van der Waals surface area contributed by atoms with Gasteiger partial charge in [0.25, 0.3) is 0 Å². The van der Waals surface area contributed by atoms with E-state index >= 15 is 0 Å². The minimum absolute atomic E-state index is 0.691. The average Bonchev–Trinajstić information content (AvgIpc) is 3.32. The molecule has 0 amide bonds. The van der Waals surface area contributed by atoms with Crippen LogP contribution in [0.25, 0.3) is 0 Å². The van der Waals surface area contributed by atoms with Crippen molar-refractivity contribution < 1.29 is 105 Å². The Morgan fingerprint density at radius 1 is 0.303 bits per heavy atom. The summed E-state index contributed by atoms with van der Waals surface area (Å²) in [5.74, 6) is 0. The van der Waals surface area contributed by atoms with Crippen molar-refractivity contribution in [2.45, 2.75) is 93.6 Å². The molecule has 66 heavy (non-hydrogen) atoms. The van der Waals surface area contributed by atoms with Crippen molar-refractivity contribution in [2.75, 3.05) is 7.05 Å². The number of hydrogen-bond donors (Lipinski definition) is 0. The van der Waals surface area contributed by atoms with Gasteiger partial charge in [-0.05, 0) is 57.0 Å². The van der Waals surface area contributed by atoms with Crippen LogP contribution in [-0.4, -0.2) is 30.2 Å². The van der Waals surface area contributed by atoms with Gasteiger partial charge in [-0.1, -0.05) is 55.0 Å². The Morgan fingerprint density at radius 3 is 0.606 bits per heavy atom. The van der Waals surface area contributed by atoms with Crippen LogP contribution >= 0.6 is 0 Å². The summed E-state index contributed by atoms with van der Waals surface area (Å²) in [5.41, 5.74) is -30.2. The smallest absolute Gasteiger partial charge is 0.300 e. The van der Waals surface area contributed by atoms with E-state index in [1.54, 1.807) is 0 Å². The SMILES string of the molecule is CN1[C@@H]2CCC[C@H]1CC2.FC(F)(F)c1cc([B-](c2cc(C(F)(F)F)cc(C(F)(F)F)c2)(c2cc(C(F)(F)F)cc(C(F)(F)F)c2)c2cc(C(F)(F)F)cc(C(F)(F)F)c2)cc(C(F)(F)F)c1. The van der Waals surface area contributed by atoms with Gasteiger partial charge in [-0.15, -0.1) is 0 Å². The molecule has 0 aliphatic carbocycles. The first-order valence-corrected chi connectivity index (χ1v) is 18.7. The summed E-state index contributed by atoms with van der Waals surface area (Å²) in [4.78, 5) is 2.59. The van der Waals surface area contributed by atoms with Gasteiger partial charge in [0, 0.05) is 12.1 Å². The second-order valence-corrected chi connectivity index (χ2v) is 15.7. The molecule has 0 spiro atoms. The van der Waals surface area contributed by atoms with Crippen LogP contribution in [0.2, 0.25) is 0 Å². The topological polar surface area (TPSA) is 3.24 Å². The summed E-state index contributed by atoms with van der Waals surface area (Å²) in [6.07, 6.45) is -47.4. The van der Waals surface area contributed by atoms with Crippen LogP contribution in [0.3, 0.4) is 0 Å². The minimum Gasteiger partial charge on any atom is -0.300 e. The van der Waals surface area contributed by atoms with Gasteiger partial charge in [-0.25, -0.2) is 0 Å². The van der Waals surface area contributed by atoms with E-state index in [-0.39, 0.29) is 0 Å². The fraction of sp³-hybridized carbons (Fsp3) is 0.400. The highest BCUT2D eigenvalue weighted by atomic mass is 19.4. The molecule has 2 bridgehead atoms. The lowest BCUT2D eigenvalue weighted by Gasteiger charge is -2.46. The Morgan fingerprint density at radius 2 is 0.470 bits per heavy atom. The molecule has 2 saturated heterocycles. The van der Waals surface area contributed by atoms with E-state index in [1.165, 1.54) is 32.1 Å². The monoisotopic (exact) mass is 988 g/mol. The number of alkyl halides is 24. The molecule has 0 saturated carbocycles. The number of piperidine rings is 1. The quantitative estimate of drug-likeness (QED) is 0.145. The number of hydrogen-bond acceptors (Lipinski definition) is 1. The first-order valence-electron chi connectivity index (χ1n) is 18.7. The molecule has 6 rings (SSSR count). The van der Waals surface area contributed by atoms with E-state index in [4.69, 9.17) is 0 Å². The van der Waals surface area contributed by atoms with Gasteiger partial charge in [-0.3, -0.25) is 0 Å². The summed E-state index contributed by atoms with van der Waals surface area (Å²) in [6.45, 7) is 0. The Labute approximate surface area is 356 Å². The molecule has 26 heteroatoms. The van der Waals surface area contributed by atoms with Gasteiger partial charge in [0.15, 0.2) is 0 Å². The molecular weight excluding hydrogens is 961 g/mol. The Kier molecular flexibility index (Phi) is 13.5. The predicted molar refractivity (Wildman–Crippen MR) is 188 cm³/mol. The van der Waals surface area contributed by atoms with Crippen LogP contribution in [0, 0.1) is 0 Å². The Balaban J connectivity index is 0.000000798. The van der Waals surface area contributed by atoms with Crippen molar-refractivity contribution in [3.8, 4) is 0 Å². The van der Waals surface area contributed by atoms with E-state index in [1.807, 2.05) is 0 Å². The number of fused-ring (bicyclic) bond motifs is 2. The van der Waals surface area contributed by atoms with Gasteiger partial charge in [0.05, 0.1) is 44.5 Å². The maximum Gasteiger partial charge on any atom is 0.416 e. The van der Waals surface area contributed by atoms with Crippen molar-refractivity contribution in [3.63, 3.8) is 0 Å². The molecule has 2 aliphatic heterocycles. The third-order valence-corrected chi connectivity index (χ3v) is 11.5. The largest absolute Gasteiger partial charge is 0.416 e. The number of rotatable bonds is 4. The lowest BCUT2D eigenvalue weighted by Crippen LogP contribution is -2.75. The van der Waals surface area contributed by atoms with Crippen LogP contribution in [-0.2, 0) is 49.4 Å². The highest BCUT2D eigenvalue weighted by Gasteiger charge is 2.47. The normalized spacial score (nSPS) is 18.3. The lowest BCUT2D eigenvalue weighted by molar-refractivity contribution is -0.144. The third-order valence-electron chi connectivity index (χ3n) is 11.5. The number of benzene rings is 4. The Hall–Kier alpha value is -4.78. The number of halogens is 24. The van der Waals surface area contributed by atoms with Crippen LogP contribution in [0.4, 0.5) is 105 Å². The summed E-state index contributed by atoms with van der Waals surface area (Å²) >= 11 is 0. The average molecular weight is 988 g/mol. The van der Waals surface area contributed by atoms with Crippen LogP contribution in [0.1, 0.15) is 76.6 Å². The van der Waals surface area contributed by atoms with Crippen LogP contribution in [0.15, 0.2) is 72.8 Å². The zero-order valence-corrected chi connectivity index (χ0v) is 32.7. The van der Waals surface area contributed by atoms with Crippen molar-refractivity contribution in [2.24, 2.45) is 0 Å².